The molecule has 3 aromatic rings. The van der Waals surface area contributed by atoms with Crippen LogP contribution in [0.3, 0.4) is 0 Å². The van der Waals surface area contributed by atoms with Crippen LogP contribution in [-0.4, -0.2) is 42.8 Å². The predicted molar refractivity (Wildman–Crippen MR) is 110 cm³/mol. The molecule has 0 spiro atoms. The average Bonchev–Trinajstić information content (AvgIpc) is 3.37. The fourth-order valence-corrected chi connectivity index (χ4v) is 2.73. The highest BCUT2D eigenvalue weighted by Gasteiger charge is 2.20. The normalized spacial score (nSPS) is 10.5. The van der Waals surface area contributed by atoms with Gasteiger partial charge in [0.05, 0.1) is 16.8 Å². The number of hydrogen-bond acceptors (Lipinski definition) is 7. The van der Waals surface area contributed by atoms with Gasteiger partial charge in [-0.15, -0.1) is 0 Å². The molecule has 1 aromatic carbocycles. The van der Waals surface area contributed by atoms with Crippen molar-refractivity contribution in [3.05, 3.63) is 64.2 Å². The first kappa shape index (κ1) is 21.5. The topological polar surface area (TPSA) is 146 Å². The zero-order valence-electron chi connectivity index (χ0n) is 16.9. The van der Waals surface area contributed by atoms with Crippen molar-refractivity contribution in [1.29, 1.82) is 0 Å². The minimum atomic E-state index is -0.542. The van der Waals surface area contributed by atoms with Crippen LogP contribution in [0.2, 0.25) is 0 Å². The van der Waals surface area contributed by atoms with E-state index in [0.717, 1.165) is 6.42 Å². The maximum Gasteiger partial charge on any atom is 0.311 e. The minimum Gasteiger partial charge on any atom is -0.464 e. The molecule has 0 aliphatic rings. The molecule has 0 radical (unpaired) electrons. The van der Waals surface area contributed by atoms with Crippen LogP contribution >= 0.6 is 0 Å². The van der Waals surface area contributed by atoms with Gasteiger partial charge in [-0.05, 0) is 18.6 Å². The van der Waals surface area contributed by atoms with Crippen LogP contribution in [-0.2, 0) is 13.8 Å². The van der Waals surface area contributed by atoms with E-state index in [2.05, 4.69) is 20.8 Å². The molecule has 0 saturated heterocycles. The van der Waals surface area contributed by atoms with Gasteiger partial charge in [-0.3, -0.25) is 24.4 Å². The number of ether oxygens (including phenoxy) is 1. The van der Waals surface area contributed by atoms with Crippen molar-refractivity contribution >= 4 is 23.2 Å². The Morgan fingerprint density at radius 2 is 2.00 bits per heavy atom. The van der Waals surface area contributed by atoms with Crippen LogP contribution in [0.5, 0.6) is 5.75 Å². The zero-order chi connectivity index (χ0) is 22.4. The summed E-state index contributed by atoms with van der Waals surface area (Å²) in [5.41, 5.74) is 0.390. The second kappa shape index (κ2) is 9.52. The number of benzene rings is 1. The van der Waals surface area contributed by atoms with Gasteiger partial charge in [0.1, 0.15) is 5.69 Å². The Hall–Kier alpha value is -4.22. The second-order valence-corrected chi connectivity index (χ2v) is 6.48. The lowest BCUT2D eigenvalue weighted by Gasteiger charge is -2.08. The van der Waals surface area contributed by atoms with E-state index in [0.29, 0.717) is 6.54 Å². The van der Waals surface area contributed by atoms with Gasteiger partial charge in [0, 0.05) is 25.9 Å². The Bertz CT molecular complexity index is 1100. The number of carbonyl (C=O) groups excluding carboxylic acids is 2. The van der Waals surface area contributed by atoms with Crippen molar-refractivity contribution in [2.45, 2.75) is 20.1 Å². The van der Waals surface area contributed by atoms with E-state index in [9.17, 15) is 19.7 Å². The lowest BCUT2D eigenvalue weighted by Crippen LogP contribution is -2.27. The van der Waals surface area contributed by atoms with Crippen molar-refractivity contribution in [2.75, 3.05) is 11.9 Å². The number of aryl methyl sites for hydroxylation is 1. The van der Waals surface area contributed by atoms with Crippen molar-refractivity contribution in [3.63, 3.8) is 0 Å². The first-order valence-electron chi connectivity index (χ1n) is 9.42. The molecule has 0 aliphatic carbocycles. The van der Waals surface area contributed by atoms with Gasteiger partial charge in [0.2, 0.25) is 0 Å². The van der Waals surface area contributed by atoms with E-state index < -0.39 is 10.8 Å². The van der Waals surface area contributed by atoms with Crippen LogP contribution in [0, 0.1) is 10.1 Å². The Morgan fingerprint density at radius 3 is 2.74 bits per heavy atom. The molecule has 2 heterocycles. The van der Waals surface area contributed by atoms with Gasteiger partial charge in [0.25, 0.3) is 11.8 Å². The van der Waals surface area contributed by atoms with Gasteiger partial charge >= 0.3 is 5.69 Å². The van der Waals surface area contributed by atoms with E-state index in [4.69, 9.17) is 4.74 Å². The number of hydrogen-bond donors (Lipinski definition) is 2. The van der Waals surface area contributed by atoms with E-state index >= 15 is 0 Å². The third kappa shape index (κ3) is 5.04. The van der Waals surface area contributed by atoms with Gasteiger partial charge < -0.3 is 15.4 Å². The SMILES string of the molecule is CCCNC(=O)c1c(NC(=O)c2ccn(COc3ccccc3[N+](=O)[O-])n2)cnn1C. The van der Waals surface area contributed by atoms with E-state index in [-0.39, 0.29) is 41.2 Å². The first-order valence-corrected chi connectivity index (χ1v) is 9.42. The molecule has 0 fully saturated rings. The summed E-state index contributed by atoms with van der Waals surface area (Å²) in [4.78, 5) is 35.4. The number of rotatable bonds is 9. The molecule has 0 unspecified atom stereocenters. The lowest BCUT2D eigenvalue weighted by atomic mass is 10.3. The van der Waals surface area contributed by atoms with Crippen molar-refractivity contribution in [2.24, 2.45) is 7.05 Å². The summed E-state index contributed by atoms with van der Waals surface area (Å²) >= 11 is 0. The highest BCUT2D eigenvalue weighted by Crippen LogP contribution is 2.26. The molecular formula is C19H21N7O5. The van der Waals surface area contributed by atoms with Crippen LogP contribution in [0.4, 0.5) is 11.4 Å². The largest absolute Gasteiger partial charge is 0.464 e. The van der Waals surface area contributed by atoms with Gasteiger partial charge in [0.15, 0.2) is 18.2 Å². The number of anilines is 1. The summed E-state index contributed by atoms with van der Waals surface area (Å²) in [6.45, 7) is 2.30. The van der Waals surface area contributed by atoms with Crippen molar-refractivity contribution in [3.8, 4) is 5.75 Å². The van der Waals surface area contributed by atoms with Crippen LogP contribution in [0.25, 0.3) is 0 Å². The number of para-hydroxylation sites is 2. The number of nitrogens with zero attached hydrogens (tertiary/aromatic N) is 5. The molecule has 0 bridgehead atoms. The molecule has 2 N–H and O–H groups in total. The summed E-state index contributed by atoms with van der Waals surface area (Å²) < 4.78 is 8.15. The standard InChI is InChI=1S/C19H21N7O5/c1-3-9-20-19(28)17-14(11-21-24(17)2)22-18(27)13-8-10-25(23-13)12-31-16-7-5-4-6-15(16)26(29)30/h4-8,10-11H,3,9,12H2,1-2H3,(H,20,28)(H,22,27). The predicted octanol–water partition coefficient (Wildman–Crippen LogP) is 1.95. The Balaban J connectivity index is 1.67. The second-order valence-electron chi connectivity index (χ2n) is 6.48. The average molecular weight is 427 g/mol. The molecule has 2 aromatic heterocycles. The molecule has 31 heavy (non-hydrogen) atoms. The molecule has 2 amide bonds. The van der Waals surface area contributed by atoms with Crippen molar-refractivity contribution < 1.29 is 19.2 Å². The molecule has 0 atom stereocenters. The molecule has 3 rings (SSSR count). The number of aromatic nitrogens is 4. The third-order valence-electron chi connectivity index (χ3n) is 4.23. The van der Waals surface area contributed by atoms with Crippen LogP contribution in [0.1, 0.15) is 34.3 Å². The zero-order valence-corrected chi connectivity index (χ0v) is 16.9. The molecule has 162 valence electrons. The molecular weight excluding hydrogens is 406 g/mol. The first-order chi connectivity index (χ1) is 14.9. The quantitative estimate of drug-likeness (QED) is 0.392. The fourth-order valence-electron chi connectivity index (χ4n) is 2.73. The van der Waals surface area contributed by atoms with E-state index in [1.165, 1.54) is 46.0 Å². The minimum absolute atomic E-state index is 0.0786. The Kier molecular flexibility index (Phi) is 6.60. The smallest absolute Gasteiger partial charge is 0.311 e. The van der Waals surface area contributed by atoms with Crippen LogP contribution < -0.4 is 15.4 Å². The lowest BCUT2D eigenvalue weighted by molar-refractivity contribution is -0.386. The molecule has 12 nitrogen and oxygen atoms in total. The summed E-state index contributed by atoms with van der Waals surface area (Å²) in [6, 6.07) is 7.43. The number of carbonyl (C=O) groups is 2. The molecule has 0 saturated carbocycles. The highest BCUT2D eigenvalue weighted by atomic mass is 16.6. The summed E-state index contributed by atoms with van der Waals surface area (Å²) in [5, 5.41) is 24.6. The third-order valence-corrected chi connectivity index (χ3v) is 4.23. The number of nitro groups is 1. The highest BCUT2D eigenvalue weighted by molar-refractivity contribution is 6.07. The summed E-state index contributed by atoms with van der Waals surface area (Å²) in [6.07, 6.45) is 3.66. The fraction of sp³-hybridized carbons (Fsp3) is 0.263. The number of nitrogens with one attached hydrogen (secondary N) is 2. The van der Waals surface area contributed by atoms with Crippen molar-refractivity contribution in [1.82, 2.24) is 24.9 Å². The molecule has 0 aliphatic heterocycles. The van der Waals surface area contributed by atoms with Gasteiger partial charge in [-0.25, -0.2) is 4.68 Å². The summed E-state index contributed by atoms with van der Waals surface area (Å²) in [5.74, 6) is -0.797. The Morgan fingerprint density at radius 1 is 1.23 bits per heavy atom. The maximum atomic E-state index is 12.6. The number of nitro benzene ring substituents is 1. The summed E-state index contributed by atoms with van der Waals surface area (Å²) in [7, 11) is 1.60. The van der Waals surface area contributed by atoms with E-state index in [1.54, 1.807) is 13.1 Å². The monoisotopic (exact) mass is 427 g/mol. The van der Waals surface area contributed by atoms with Crippen LogP contribution in [0.15, 0.2) is 42.7 Å². The van der Waals surface area contributed by atoms with Gasteiger partial charge in [-0.2, -0.15) is 10.2 Å². The number of amides is 2. The van der Waals surface area contributed by atoms with Gasteiger partial charge in [-0.1, -0.05) is 19.1 Å². The maximum absolute atomic E-state index is 12.6. The molecule has 12 heteroatoms. The Labute approximate surface area is 177 Å². The van der Waals surface area contributed by atoms with E-state index in [1.807, 2.05) is 6.92 Å².